The molecule has 1 saturated heterocycles. The van der Waals surface area contributed by atoms with Crippen molar-refractivity contribution in [1.29, 1.82) is 0 Å². The Morgan fingerprint density at radius 2 is 2.07 bits per heavy atom. The van der Waals surface area contributed by atoms with E-state index in [1.54, 1.807) is 10.6 Å². The van der Waals surface area contributed by atoms with E-state index in [9.17, 15) is 14.7 Å². The molecule has 0 saturated carbocycles. The Morgan fingerprint density at radius 3 is 2.69 bits per heavy atom. The summed E-state index contributed by atoms with van der Waals surface area (Å²) < 4.78 is 22.4. The zero-order valence-electron chi connectivity index (χ0n) is 17.3. The van der Waals surface area contributed by atoms with Crippen LogP contribution < -0.4 is 10.3 Å². The van der Waals surface area contributed by atoms with Crippen LogP contribution in [-0.2, 0) is 11.3 Å². The molecule has 1 aliphatic heterocycles. The Bertz CT molecular complexity index is 973. The van der Waals surface area contributed by atoms with Crippen molar-refractivity contribution >= 4 is 22.6 Å². The van der Waals surface area contributed by atoms with Gasteiger partial charge in [0.25, 0.3) is 0 Å². The summed E-state index contributed by atoms with van der Waals surface area (Å²) in [5, 5.41) is 9.37. The number of carboxylic acids is 1. The lowest BCUT2D eigenvalue weighted by molar-refractivity contribution is 0.0289. The monoisotopic (exact) mass is 405 g/mol. The maximum absolute atomic E-state index is 15.0. The predicted molar refractivity (Wildman–Crippen MR) is 111 cm³/mol. The maximum Gasteiger partial charge on any atom is 0.341 e. The zero-order valence-corrected chi connectivity index (χ0v) is 17.3. The Labute approximate surface area is 169 Å². The first kappa shape index (κ1) is 21.3. The van der Waals surface area contributed by atoms with Crippen LogP contribution in [0.15, 0.2) is 23.1 Å². The molecule has 1 N–H and O–H groups in total. The van der Waals surface area contributed by atoms with Gasteiger partial charge in [-0.15, -0.1) is 0 Å². The average molecular weight is 405 g/mol. The van der Waals surface area contributed by atoms with Gasteiger partial charge in [0.2, 0.25) is 5.43 Å². The quantitative estimate of drug-likeness (QED) is 0.796. The van der Waals surface area contributed by atoms with E-state index in [2.05, 4.69) is 4.90 Å². The molecule has 1 aliphatic rings. The topological polar surface area (TPSA) is 75.0 Å². The minimum absolute atomic E-state index is 0.0850. The van der Waals surface area contributed by atoms with Gasteiger partial charge >= 0.3 is 5.97 Å². The maximum atomic E-state index is 15.0. The zero-order chi connectivity index (χ0) is 21.3. The molecule has 158 valence electrons. The van der Waals surface area contributed by atoms with Gasteiger partial charge in [-0.3, -0.25) is 9.69 Å². The smallest absolute Gasteiger partial charge is 0.341 e. The van der Waals surface area contributed by atoms with Gasteiger partial charge < -0.3 is 19.3 Å². The van der Waals surface area contributed by atoms with Crippen molar-refractivity contribution in [3.63, 3.8) is 0 Å². The highest BCUT2D eigenvalue weighted by molar-refractivity contribution is 5.93. The van der Waals surface area contributed by atoms with E-state index in [-0.39, 0.29) is 23.1 Å². The highest BCUT2D eigenvalue weighted by Crippen LogP contribution is 2.27. The summed E-state index contributed by atoms with van der Waals surface area (Å²) in [5.41, 5.74) is -0.0566. The van der Waals surface area contributed by atoms with Crippen molar-refractivity contribution in [3.8, 4) is 0 Å². The molecule has 0 amide bonds. The molecule has 2 aromatic rings. The predicted octanol–water partition coefficient (Wildman–Crippen LogP) is 2.40. The summed E-state index contributed by atoms with van der Waals surface area (Å²) in [6, 6.07) is 2.96. The highest BCUT2D eigenvalue weighted by atomic mass is 19.1. The molecule has 0 aliphatic carbocycles. The third-order valence-corrected chi connectivity index (χ3v) is 5.46. The van der Waals surface area contributed by atoms with Crippen LogP contribution in [0.3, 0.4) is 0 Å². The number of aromatic carboxylic acids is 1. The van der Waals surface area contributed by atoms with Crippen LogP contribution >= 0.6 is 0 Å². The van der Waals surface area contributed by atoms with Crippen LogP contribution in [0, 0.1) is 5.82 Å². The van der Waals surface area contributed by atoms with E-state index in [0.29, 0.717) is 37.4 Å². The van der Waals surface area contributed by atoms with Crippen molar-refractivity contribution in [2.75, 3.05) is 38.2 Å². The molecule has 0 bridgehead atoms. The number of pyridine rings is 1. The van der Waals surface area contributed by atoms with E-state index < -0.39 is 17.2 Å². The Hall–Kier alpha value is -2.45. The van der Waals surface area contributed by atoms with Gasteiger partial charge in [-0.1, -0.05) is 0 Å². The fourth-order valence-electron chi connectivity index (χ4n) is 3.70. The van der Waals surface area contributed by atoms with Crippen LogP contribution in [0.2, 0.25) is 0 Å². The lowest BCUT2D eigenvalue weighted by atomic mass is 10.1. The van der Waals surface area contributed by atoms with Crippen molar-refractivity contribution in [2.45, 2.75) is 39.5 Å². The normalized spacial score (nSPS) is 18.0. The number of aromatic nitrogens is 1. The van der Waals surface area contributed by atoms with Gasteiger partial charge in [0, 0.05) is 37.8 Å². The van der Waals surface area contributed by atoms with Gasteiger partial charge in [-0.2, -0.15) is 0 Å². The highest BCUT2D eigenvalue weighted by Gasteiger charge is 2.27. The summed E-state index contributed by atoms with van der Waals surface area (Å²) in [6.07, 6.45) is 1.46. The molecular weight excluding hydrogens is 377 g/mol. The lowest BCUT2D eigenvalue weighted by Crippen LogP contribution is -2.53. The number of anilines is 1. The lowest BCUT2D eigenvalue weighted by Gasteiger charge is -2.40. The average Bonchev–Trinajstić information content (AvgIpc) is 2.67. The van der Waals surface area contributed by atoms with Gasteiger partial charge in [0.15, 0.2) is 0 Å². The number of ether oxygens (including phenoxy) is 1. The molecule has 2 heterocycles. The second kappa shape index (κ2) is 8.51. The third kappa shape index (κ3) is 4.28. The summed E-state index contributed by atoms with van der Waals surface area (Å²) in [5.74, 6) is -1.83. The molecular formula is C21H28FN3O4. The molecule has 0 spiro atoms. The number of likely N-dealkylation sites (N-methyl/N-ethyl adjacent to an activating group) is 1. The second-order valence-electron chi connectivity index (χ2n) is 7.75. The minimum atomic E-state index is -1.31. The van der Waals surface area contributed by atoms with Crippen molar-refractivity contribution in [2.24, 2.45) is 0 Å². The molecule has 1 atom stereocenters. The molecule has 7 nitrogen and oxygen atoms in total. The number of hydrogen-bond donors (Lipinski definition) is 1. The van der Waals surface area contributed by atoms with E-state index in [1.807, 2.05) is 32.7 Å². The van der Waals surface area contributed by atoms with Gasteiger partial charge in [-0.25, -0.2) is 9.18 Å². The molecule has 1 aromatic carbocycles. The van der Waals surface area contributed by atoms with Crippen LogP contribution in [0.4, 0.5) is 10.1 Å². The number of carboxylic acid groups (broad SMARTS) is 1. The fraction of sp³-hybridized carbons (Fsp3) is 0.524. The molecule has 29 heavy (non-hydrogen) atoms. The van der Waals surface area contributed by atoms with Gasteiger partial charge in [-0.05, 0) is 40.0 Å². The van der Waals surface area contributed by atoms with Crippen LogP contribution in [0.25, 0.3) is 10.9 Å². The molecule has 8 heteroatoms. The Kier molecular flexibility index (Phi) is 6.24. The number of carbonyl (C=O) groups is 1. The summed E-state index contributed by atoms with van der Waals surface area (Å²) in [4.78, 5) is 28.1. The van der Waals surface area contributed by atoms with E-state index >= 15 is 4.39 Å². The molecule has 1 fully saturated rings. The van der Waals surface area contributed by atoms with E-state index in [4.69, 9.17) is 4.74 Å². The number of nitrogens with zero attached hydrogens (tertiary/aromatic N) is 3. The van der Waals surface area contributed by atoms with Gasteiger partial charge in [0.05, 0.1) is 30.0 Å². The first-order chi connectivity index (χ1) is 13.7. The molecule has 1 aromatic heterocycles. The second-order valence-corrected chi connectivity index (χ2v) is 7.75. The third-order valence-electron chi connectivity index (χ3n) is 5.46. The molecule has 1 unspecified atom stereocenters. The summed E-state index contributed by atoms with van der Waals surface area (Å²) >= 11 is 0. The molecule has 3 rings (SSSR count). The Morgan fingerprint density at radius 1 is 1.34 bits per heavy atom. The number of aryl methyl sites for hydroxylation is 1. The molecule has 0 radical (unpaired) electrons. The largest absolute Gasteiger partial charge is 0.477 e. The first-order valence-electron chi connectivity index (χ1n) is 9.89. The summed E-state index contributed by atoms with van der Waals surface area (Å²) in [7, 11) is 2.03. The minimum Gasteiger partial charge on any atom is -0.477 e. The number of hydrogen-bond acceptors (Lipinski definition) is 5. The van der Waals surface area contributed by atoms with Gasteiger partial charge in [0.1, 0.15) is 11.4 Å². The number of rotatable bonds is 6. The number of benzene rings is 1. The van der Waals surface area contributed by atoms with Crippen molar-refractivity contribution in [3.05, 3.63) is 39.9 Å². The van der Waals surface area contributed by atoms with Crippen LogP contribution in [0.5, 0.6) is 0 Å². The fourth-order valence-corrected chi connectivity index (χ4v) is 3.70. The SMILES string of the molecule is CCn1cc(C(=O)O)c(=O)c2cc(F)c(N3CCN(C)C(COC(C)C)C3)cc21. The number of halogens is 1. The van der Waals surface area contributed by atoms with Crippen LogP contribution in [-0.4, -0.2) is 66.0 Å². The summed E-state index contributed by atoms with van der Waals surface area (Å²) in [6.45, 7) is 8.88. The first-order valence-corrected chi connectivity index (χ1v) is 9.89. The Balaban J connectivity index is 2.02. The van der Waals surface area contributed by atoms with E-state index in [0.717, 1.165) is 6.54 Å². The van der Waals surface area contributed by atoms with Crippen LogP contribution in [0.1, 0.15) is 31.1 Å². The van der Waals surface area contributed by atoms with Crippen molar-refractivity contribution in [1.82, 2.24) is 9.47 Å². The number of fused-ring (bicyclic) bond motifs is 1. The van der Waals surface area contributed by atoms with Crippen molar-refractivity contribution < 1.29 is 19.0 Å². The van der Waals surface area contributed by atoms with E-state index in [1.165, 1.54) is 12.3 Å². The number of piperazine rings is 1. The standard InChI is InChI=1S/C21H28FN3O4/c1-5-24-11-16(21(27)28)20(26)15-8-17(22)19(9-18(15)24)25-7-6-23(4)14(10-25)12-29-13(2)3/h8-9,11,13-14H,5-7,10,12H2,1-4H3,(H,27,28).